The smallest absolute Gasteiger partial charge is 0.0800 e. The number of rotatable bonds is 0. The predicted octanol–water partition coefficient (Wildman–Crippen LogP) is 2.36. The highest BCUT2D eigenvalue weighted by Crippen LogP contribution is 2.29. The molecule has 1 nitrogen and oxygen atoms in total. The Hall–Kier alpha value is -0.470. The van der Waals surface area contributed by atoms with Crippen LogP contribution < -0.4 is 0 Å². The Morgan fingerprint density at radius 3 is 3.08 bits per heavy atom. The van der Waals surface area contributed by atoms with Crippen molar-refractivity contribution >= 4 is 11.8 Å². The number of aliphatic hydroxyl groups excluding tert-OH is 1. The van der Waals surface area contributed by atoms with Gasteiger partial charge in [0.15, 0.2) is 0 Å². The first-order valence-corrected chi connectivity index (χ1v) is 5.37. The van der Waals surface area contributed by atoms with Crippen LogP contribution in [0.3, 0.4) is 0 Å². The molecule has 1 N–H and O–H groups in total. The number of hydrogen-bond acceptors (Lipinski definition) is 2. The van der Waals surface area contributed by atoms with E-state index in [-0.39, 0.29) is 6.10 Å². The molecule has 0 spiro atoms. The molecule has 1 heterocycles. The third-order valence-corrected chi connectivity index (χ3v) is 3.25. The van der Waals surface area contributed by atoms with Gasteiger partial charge in [-0.1, -0.05) is 24.3 Å². The van der Waals surface area contributed by atoms with Crippen molar-refractivity contribution in [2.24, 2.45) is 0 Å². The van der Waals surface area contributed by atoms with Crippen LogP contribution in [0.2, 0.25) is 0 Å². The molecular formula is C10H12OS. The minimum atomic E-state index is -0.240. The number of thioether (sulfide) groups is 1. The number of benzene rings is 1. The van der Waals surface area contributed by atoms with E-state index in [9.17, 15) is 5.11 Å². The van der Waals surface area contributed by atoms with Crippen LogP contribution in [0.25, 0.3) is 0 Å². The van der Waals surface area contributed by atoms with Crippen LogP contribution in [-0.4, -0.2) is 10.9 Å². The lowest BCUT2D eigenvalue weighted by molar-refractivity contribution is 0.175. The van der Waals surface area contributed by atoms with Crippen LogP contribution in [0.4, 0.5) is 0 Å². The summed E-state index contributed by atoms with van der Waals surface area (Å²) >= 11 is 1.90. The van der Waals surface area contributed by atoms with Crippen LogP contribution in [0.1, 0.15) is 23.7 Å². The highest BCUT2D eigenvalue weighted by molar-refractivity contribution is 7.98. The average Bonchev–Trinajstić information content (AvgIpc) is 2.29. The van der Waals surface area contributed by atoms with Crippen LogP contribution in [0, 0.1) is 0 Å². The van der Waals surface area contributed by atoms with Crippen LogP contribution in [-0.2, 0) is 5.75 Å². The second kappa shape index (κ2) is 3.50. The molecular weight excluding hydrogens is 168 g/mol. The van der Waals surface area contributed by atoms with Gasteiger partial charge in [0.25, 0.3) is 0 Å². The van der Waals surface area contributed by atoms with E-state index in [4.69, 9.17) is 0 Å². The molecule has 0 radical (unpaired) electrons. The SMILES string of the molecule is O[C@@H]1CCSCc2ccccc21. The predicted molar refractivity (Wildman–Crippen MR) is 52.2 cm³/mol. The Kier molecular flexibility index (Phi) is 2.38. The zero-order chi connectivity index (χ0) is 8.39. The summed E-state index contributed by atoms with van der Waals surface area (Å²) in [5, 5.41) is 9.73. The van der Waals surface area contributed by atoms with Gasteiger partial charge in [0.05, 0.1) is 6.10 Å². The Labute approximate surface area is 76.8 Å². The molecule has 1 aromatic carbocycles. The van der Waals surface area contributed by atoms with Gasteiger partial charge in [-0.2, -0.15) is 11.8 Å². The third-order valence-electron chi connectivity index (χ3n) is 2.21. The van der Waals surface area contributed by atoms with Crippen molar-refractivity contribution in [3.63, 3.8) is 0 Å². The largest absolute Gasteiger partial charge is 0.388 e. The maximum Gasteiger partial charge on any atom is 0.0800 e. The van der Waals surface area contributed by atoms with Crippen LogP contribution >= 0.6 is 11.8 Å². The first-order valence-electron chi connectivity index (χ1n) is 4.21. The summed E-state index contributed by atoms with van der Waals surface area (Å²) in [5.41, 5.74) is 2.43. The van der Waals surface area contributed by atoms with Crippen molar-refractivity contribution in [2.75, 3.05) is 5.75 Å². The van der Waals surface area contributed by atoms with Crippen LogP contribution in [0.5, 0.6) is 0 Å². The van der Waals surface area contributed by atoms with Crippen molar-refractivity contribution in [3.05, 3.63) is 35.4 Å². The second-order valence-corrected chi connectivity index (χ2v) is 4.16. The highest BCUT2D eigenvalue weighted by atomic mass is 32.2. The third kappa shape index (κ3) is 1.50. The fourth-order valence-corrected chi connectivity index (χ4v) is 2.54. The molecule has 0 fully saturated rings. The van der Waals surface area contributed by atoms with Crippen molar-refractivity contribution < 1.29 is 5.11 Å². The highest BCUT2D eigenvalue weighted by Gasteiger charge is 2.14. The lowest BCUT2D eigenvalue weighted by atomic mass is 10.0. The van der Waals surface area contributed by atoms with Crippen molar-refractivity contribution in [2.45, 2.75) is 18.3 Å². The summed E-state index contributed by atoms with van der Waals surface area (Å²) in [6, 6.07) is 8.18. The number of fused-ring (bicyclic) bond motifs is 1. The van der Waals surface area contributed by atoms with E-state index in [2.05, 4.69) is 6.07 Å². The summed E-state index contributed by atoms with van der Waals surface area (Å²) < 4.78 is 0. The Morgan fingerprint density at radius 1 is 1.33 bits per heavy atom. The molecule has 1 atom stereocenters. The molecule has 64 valence electrons. The molecule has 0 unspecified atom stereocenters. The lowest BCUT2D eigenvalue weighted by Crippen LogP contribution is -1.98. The summed E-state index contributed by atoms with van der Waals surface area (Å²) in [7, 11) is 0. The number of aliphatic hydroxyl groups is 1. The van der Waals surface area contributed by atoms with Gasteiger partial charge in [0.2, 0.25) is 0 Å². The lowest BCUT2D eigenvalue weighted by Gasteiger charge is -2.09. The van der Waals surface area contributed by atoms with Gasteiger partial charge in [0.1, 0.15) is 0 Å². The minimum Gasteiger partial charge on any atom is -0.388 e. The minimum absolute atomic E-state index is 0.240. The molecule has 12 heavy (non-hydrogen) atoms. The quantitative estimate of drug-likeness (QED) is 0.661. The van der Waals surface area contributed by atoms with Gasteiger partial charge in [-0.25, -0.2) is 0 Å². The van der Waals surface area contributed by atoms with Crippen molar-refractivity contribution in [1.82, 2.24) is 0 Å². The summed E-state index contributed by atoms with van der Waals surface area (Å²) in [6.45, 7) is 0. The molecule has 2 rings (SSSR count). The maximum absolute atomic E-state index is 9.73. The van der Waals surface area contributed by atoms with E-state index >= 15 is 0 Å². The zero-order valence-corrected chi connectivity index (χ0v) is 7.68. The fraction of sp³-hybridized carbons (Fsp3) is 0.400. The van der Waals surface area contributed by atoms with E-state index in [1.165, 1.54) is 5.56 Å². The van der Waals surface area contributed by atoms with E-state index < -0.39 is 0 Å². The summed E-state index contributed by atoms with van der Waals surface area (Å²) in [4.78, 5) is 0. The van der Waals surface area contributed by atoms with Crippen molar-refractivity contribution in [1.29, 1.82) is 0 Å². The van der Waals surface area contributed by atoms with Crippen LogP contribution in [0.15, 0.2) is 24.3 Å². The molecule has 1 aliphatic rings. The molecule has 1 aromatic rings. The maximum atomic E-state index is 9.73. The van der Waals surface area contributed by atoms with Gasteiger partial charge in [-0.3, -0.25) is 0 Å². The Bertz CT molecular complexity index is 272. The van der Waals surface area contributed by atoms with E-state index in [0.29, 0.717) is 0 Å². The zero-order valence-electron chi connectivity index (χ0n) is 6.86. The van der Waals surface area contributed by atoms with E-state index in [1.807, 2.05) is 30.0 Å². The topological polar surface area (TPSA) is 20.2 Å². The second-order valence-electron chi connectivity index (χ2n) is 3.06. The standard InChI is InChI=1S/C10H12OS/c11-10-5-6-12-7-8-3-1-2-4-9(8)10/h1-4,10-11H,5-7H2/t10-/m1/s1. The average molecular weight is 180 g/mol. The van der Waals surface area contributed by atoms with E-state index in [0.717, 1.165) is 23.5 Å². The van der Waals surface area contributed by atoms with Gasteiger partial charge in [-0.15, -0.1) is 0 Å². The monoisotopic (exact) mass is 180 g/mol. The molecule has 0 bridgehead atoms. The Morgan fingerprint density at radius 2 is 2.17 bits per heavy atom. The molecule has 1 aliphatic heterocycles. The Balaban J connectivity index is 2.39. The van der Waals surface area contributed by atoms with Gasteiger partial charge in [0, 0.05) is 5.75 Å². The molecule has 0 aromatic heterocycles. The van der Waals surface area contributed by atoms with Crippen molar-refractivity contribution in [3.8, 4) is 0 Å². The summed E-state index contributed by atoms with van der Waals surface area (Å²) in [6.07, 6.45) is 0.651. The molecule has 0 saturated heterocycles. The van der Waals surface area contributed by atoms with E-state index in [1.54, 1.807) is 0 Å². The molecule has 0 saturated carbocycles. The normalized spacial score (nSPS) is 22.9. The van der Waals surface area contributed by atoms with Gasteiger partial charge < -0.3 is 5.11 Å². The molecule has 0 amide bonds. The molecule has 0 aliphatic carbocycles. The first-order chi connectivity index (χ1) is 5.88. The fourth-order valence-electron chi connectivity index (χ4n) is 1.52. The molecule has 2 heteroatoms. The van der Waals surface area contributed by atoms with Gasteiger partial charge in [-0.05, 0) is 23.3 Å². The summed E-state index contributed by atoms with van der Waals surface area (Å²) in [5.74, 6) is 2.11. The van der Waals surface area contributed by atoms with Gasteiger partial charge >= 0.3 is 0 Å². The number of hydrogen-bond donors (Lipinski definition) is 1. The first kappa shape index (κ1) is 8.14.